The Hall–Kier alpha value is -0.860. The zero-order valence-corrected chi connectivity index (χ0v) is 11.6. The SMILES string of the molecule is CCc1ccc(CN2CCCC(CCN)C2)cc1. The summed E-state index contributed by atoms with van der Waals surface area (Å²) in [6, 6.07) is 9.09. The van der Waals surface area contributed by atoms with Crippen LogP contribution in [0.4, 0.5) is 0 Å². The van der Waals surface area contributed by atoms with Gasteiger partial charge < -0.3 is 5.73 Å². The van der Waals surface area contributed by atoms with Gasteiger partial charge in [-0.3, -0.25) is 4.90 Å². The Bertz CT molecular complexity index is 343. The van der Waals surface area contributed by atoms with E-state index in [4.69, 9.17) is 5.73 Å². The molecule has 2 rings (SSSR count). The van der Waals surface area contributed by atoms with E-state index in [1.54, 1.807) is 0 Å². The number of nitrogens with zero attached hydrogens (tertiary/aromatic N) is 1. The summed E-state index contributed by atoms with van der Waals surface area (Å²) in [7, 11) is 0. The summed E-state index contributed by atoms with van der Waals surface area (Å²) in [5.74, 6) is 0.818. The lowest BCUT2D eigenvalue weighted by Crippen LogP contribution is -2.35. The van der Waals surface area contributed by atoms with Crippen LogP contribution in [0.1, 0.15) is 37.3 Å². The van der Waals surface area contributed by atoms with Crippen LogP contribution in [-0.4, -0.2) is 24.5 Å². The van der Waals surface area contributed by atoms with Crippen molar-refractivity contribution >= 4 is 0 Å². The predicted octanol–water partition coefficient (Wildman–Crippen LogP) is 2.81. The Kier molecular flexibility index (Phi) is 5.21. The van der Waals surface area contributed by atoms with Gasteiger partial charge >= 0.3 is 0 Å². The molecule has 0 radical (unpaired) electrons. The summed E-state index contributed by atoms with van der Waals surface area (Å²) < 4.78 is 0. The van der Waals surface area contributed by atoms with Crippen LogP contribution in [0.5, 0.6) is 0 Å². The van der Waals surface area contributed by atoms with E-state index in [1.165, 1.54) is 43.5 Å². The van der Waals surface area contributed by atoms with E-state index in [9.17, 15) is 0 Å². The highest BCUT2D eigenvalue weighted by Gasteiger charge is 2.18. The summed E-state index contributed by atoms with van der Waals surface area (Å²) in [6.45, 7) is 6.62. The van der Waals surface area contributed by atoms with Crippen molar-refractivity contribution in [1.82, 2.24) is 4.90 Å². The monoisotopic (exact) mass is 246 g/mol. The summed E-state index contributed by atoms with van der Waals surface area (Å²) in [5, 5.41) is 0. The molecule has 1 atom stereocenters. The predicted molar refractivity (Wildman–Crippen MR) is 77.5 cm³/mol. The number of likely N-dealkylation sites (tertiary alicyclic amines) is 1. The maximum Gasteiger partial charge on any atom is 0.0233 e. The number of hydrogen-bond donors (Lipinski definition) is 1. The summed E-state index contributed by atoms with van der Waals surface area (Å²) in [4.78, 5) is 2.59. The summed E-state index contributed by atoms with van der Waals surface area (Å²) in [5.41, 5.74) is 8.54. The van der Waals surface area contributed by atoms with Gasteiger partial charge in [0.25, 0.3) is 0 Å². The highest BCUT2D eigenvalue weighted by atomic mass is 15.1. The molecular formula is C16H26N2. The van der Waals surface area contributed by atoms with Crippen molar-refractivity contribution in [1.29, 1.82) is 0 Å². The van der Waals surface area contributed by atoms with Gasteiger partial charge in [-0.25, -0.2) is 0 Å². The molecule has 18 heavy (non-hydrogen) atoms. The first-order chi connectivity index (χ1) is 8.81. The van der Waals surface area contributed by atoms with Gasteiger partial charge in [-0.2, -0.15) is 0 Å². The summed E-state index contributed by atoms with van der Waals surface area (Å²) >= 11 is 0. The Balaban J connectivity index is 1.87. The fourth-order valence-electron chi connectivity index (χ4n) is 2.90. The van der Waals surface area contributed by atoms with E-state index in [-0.39, 0.29) is 0 Å². The highest BCUT2D eigenvalue weighted by molar-refractivity contribution is 5.22. The van der Waals surface area contributed by atoms with Gasteiger partial charge in [0.1, 0.15) is 0 Å². The Morgan fingerprint density at radius 2 is 1.94 bits per heavy atom. The molecule has 100 valence electrons. The fraction of sp³-hybridized carbons (Fsp3) is 0.625. The van der Waals surface area contributed by atoms with Gasteiger partial charge in [-0.1, -0.05) is 31.2 Å². The minimum Gasteiger partial charge on any atom is -0.330 e. The van der Waals surface area contributed by atoms with E-state index in [2.05, 4.69) is 36.1 Å². The van der Waals surface area contributed by atoms with E-state index in [1.807, 2.05) is 0 Å². The largest absolute Gasteiger partial charge is 0.330 e. The van der Waals surface area contributed by atoms with Gasteiger partial charge in [-0.05, 0) is 55.8 Å². The third-order valence-electron chi connectivity index (χ3n) is 4.02. The number of nitrogens with two attached hydrogens (primary N) is 1. The van der Waals surface area contributed by atoms with Gasteiger partial charge in [0.05, 0.1) is 0 Å². The second-order valence-electron chi connectivity index (χ2n) is 5.49. The molecule has 1 heterocycles. The molecule has 0 aliphatic carbocycles. The van der Waals surface area contributed by atoms with Crippen molar-refractivity contribution in [3.05, 3.63) is 35.4 Å². The van der Waals surface area contributed by atoms with Crippen LogP contribution in [-0.2, 0) is 13.0 Å². The molecule has 1 aromatic carbocycles. The first kappa shape index (κ1) is 13.6. The lowest BCUT2D eigenvalue weighted by Gasteiger charge is -2.32. The Morgan fingerprint density at radius 1 is 1.22 bits per heavy atom. The molecule has 0 saturated carbocycles. The van der Waals surface area contributed by atoms with Crippen LogP contribution in [0.15, 0.2) is 24.3 Å². The maximum absolute atomic E-state index is 5.67. The first-order valence-electron chi connectivity index (χ1n) is 7.32. The molecule has 0 amide bonds. The highest BCUT2D eigenvalue weighted by Crippen LogP contribution is 2.20. The molecule has 2 N–H and O–H groups in total. The van der Waals surface area contributed by atoms with Crippen LogP contribution >= 0.6 is 0 Å². The van der Waals surface area contributed by atoms with Crippen LogP contribution in [0.25, 0.3) is 0 Å². The van der Waals surface area contributed by atoms with Crippen molar-refractivity contribution in [2.24, 2.45) is 11.7 Å². The lowest BCUT2D eigenvalue weighted by molar-refractivity contribution is 0.163. The number of benzene rings is 1. The molecule has 2 nitrogen and oxygen atoms in total. The van der Waals surface area contributed by atoms with Crippen LogP contribution < -0.4 is 5.73 Å². The number of rotatable bonds is 5. The van der Waals surface area contributed by atoms with E-state index in [0.29, 0.717) is 0 Å². The van der Waals surface area contributed by atoms with Gasteiger partial charge in [-0.15, -0.1) is 0 Å². The second-order valence-corrected chi connectivity index (χ2v) is 5.49. The van der Waals surface area contributed by atoms with Crippen molar-refractivity contribution in [3.8, 4) is 0 Å². The average molecular weight is 246 g/mol. The minimum absolute atomic E-state index is 0.818. The van der Waals surface area contributed by atoms with Crippen LogP contribution in [0.3, 0.4) is 0 Å². The van der Waals surface area contributed by atoms with Crippen molar-refractivity contribution in [2.75, 3.05) is 19.6 Å². The third kappa shape index (κ3) is 3.82. The average Bonchev–Trinajstić information content (AvgIpc) is 2.40. The van der Waals surface area contributed by atoms with E-state index < -0.39 is 0 Å². The lowest BCUT2D eigenvalue weighted by atomic mass is 9.94. The van der Waals surface area contributed by atoms with E-state index in [0.717, 1.165) is 25.4 Å². The molecule has 1 aromatic rings. The molecular weight excluding hydrogens is 220 g/mol. The van der Waals surface area contributed by atoms with Gasteiger partial charge in [0.2, 0.25) is 0 Å². The molecule has 1 fully saturated rings. The Morgan fingerprint density at radius 3 is 2.61 bits per heavy atom. The second kappa shape index (κ2) is 6.91. The number of hydrogen-bond acceptors (Lipinski definition) is 2. The molecule has 2 heteroatoms. The smallest absolute Gasteiger partial charge is 0.0233 e. The van der Waals surface area contributed by atoms with Gasteiger partial charge in [0, 0.05) is 13.1 Å². The zero-order valence-electron chi connectivity index (χ0n) is 11.6. The van der Waals surface area contributed by atoms with Crippen LogP contribution in [0.2, 0.25) is 0 Å². The molecule has 1 aliphatic rings. The molecule has 1 aliphatic heterocycles. The number of piperidine rings is 1. The maximum atomic E-state index is 5.67. The minimum atomic E-state index is 0.818. The molecule has 1 saturated heterocycles. The molecule has 0 aromatic heterocycles. The van der Waals surface area contributed by atoms with Gasteiger partial charge in [0.15, 0.2) is 0 Å². The molecule has 0 spiro atoms. The number of aryl methyl sites for hydroxylation is 1. The zero-order chi connectivity index (χ0) is 12.8. The Labute approximate surface area is 111 Å². The van der Waals surface area contributed by atoms with Crippen LogP contribution in [0, 0.1) is 5.92 Å². The molecule has 1 unspecified atom stereocenters. The van der Waals surface area contributed by atoms with Crippen molar-refractivity contribution in [3.63, 3.8) is 0 Å². The third-order valence-corrected chi connectivity index (χ3v) is 4.02. The molecule has 0 bridgehead atoms. The fourth-order valence-corrected chi connectivity index (χ4v) is 2.90. The topological polar surface area (TPSA) is 29.3 Å². The normalized spacial score (nSPS) is 21.1. The first-order valence-corrected chi connectivity index (χ1v) is 7.32. The van der Waals surface area contributed by atoms with Crippen molar-refractivity contribution in [2.45, 2.75) is 39.2 Å². The summed E-state index contributed by atoms with van der Waals surface area (Å²) in [6.07, 6.45) is 5.01. The quantitative estimate of drug-likeness (QED) is 0.865. The standard InChI is InChI=1S/C16H26N2/c1-2-14-5-7-16(8-6-14)13-18-11-3-4-15(12-18)9-10-17/h5-8,15H,2-4,9-13,17H2,1H3. The van der Waals surface area contributed by atoms with E-state index >= 15 is 0 Å². The van der Waals surface area contributed by atoms with Crippen molar-refractivity contribution < 1.29 is 0 Å².